The number of hydrogen-bond acceptors (Lipinski definition) is 4. The van der Waals surface area contributed by atoms with E-state index in [1.54, 1.807) is 12.4 Å². The number of rotatable bonds is 6. The second-order valence-electron chi connectivity index (χ2n) is 2.78. The third-order valence-corrected chi connectivity index (χ3v) is 1.67. The number of aromatic nitrogens is 1. The Kier molecular flexibility index (Phi) is 4.90. The summed E-state index contributed by atoms with van der Waals surface area (Å²) in [5.74, 6) is 0. The van der Waals surface area contributed by atoms with Crippen LogP contribution in [0.5, 0.6) is 0 Å². The molecule has 4 nitrogen and oxygen atoms in total. The molecule has 4 N–H and O–H groups in total. The summed E-state index contributed by atoms with van der Waals surface area (Å²) in [6, 6.07) is 3.83. The van der Waals surface area contributed by atoms with Gasteiger partial charge in [0, 0.05) is 18.9 Å². The summed E-state index contributed by atoms with van der Waals surface area (Å²) in [5.41, 5.74) is 12.6. The van der Waals surface area contributed by atoms with Crippen LogP contribution in [0.1, 0.15) is 12.8 Å². The minimum Gasteiger partial charge on any atom is -0.330 e. The van der Waals surface area contributed by atoms with E-state index in [0.29, 0.717) is 0 Å². The molecule has 0 bridgehead atoms. The number of anilines is 1. The molecule has 1 rings (SSSR count). The van der Waals surface area contributed by atoms with Crippen LogP contribution in [0.2, 0.25) is 0 Å². The predicted octanol–water partition coefficient (Wildman–Crippen LogP) is 0.737. The van der Waals surface area contributed by atoms with Gasteiger partial charge in [-0.2, -0.15) is 0 Å². The third kappa shape index (κ3) is 4.45. The van der Waals surface area contributed by atoms with E-state index in [0.717, 1.165) is 31.6 Å². The molecular weight excluding hydrogens is 164 g/mol. The lowest BCUT2D eigenvalue weighted by Gasteiger charge is -2.06. The van der Waals surface area contributed by atoms with E-state index in [4.69, 9.17) is 5.73 Å². The first kappa shape index (κ1) is 9.95. The first-order chi connectivity index (χ1) is 6.43. The van der Waals surface area contributed by atoms with Crippen molar-refractivity contribution in [2.75, 3.05) is 18.5 Å². The molecular formula is C9H16N4. The maximum absolute atomic E-state index is 5.37. The molecule has 1 aromatic rings. The zero-order chi connectivity index (χ0) is 9.36. The Balaban J connectivity index is 2.07. The molecule has 1 aromatic heterocycles. The molecule has 0 radical (unpaired) electrons. The van der Waals surface area contributed by atoms with E-state index in [2.05, 4.69) is 15.8 Å². The van der Waals surface area contributed by atoms with Crippen LogP contribution in [-0.4, -0.2) is 18.1 Å². The molecule has 0 unspecified atom stereocenters. The summed E-state index contributed by atoms with van der Waals surface area (Å²) in [7, 11) is 0. The van der Waals surface area contributed by atoms with Crippen molar-refractivity contribution in [2.24, 2.45) is 5.73 Å². The monoisotopic (exact) mass is 180 g/mol. The SMILES string of the molecule is NCCCCNNc1ccncc1. The quantitative estimate of drug-likeness (QED) is 0.446. The molecule has 13 heavy (non-hydrogen) atoms. The maximum atomic E-state index is 5.37. The number of hydrazine groups is 1. The number of nitrogens with one attached hydrogen (secondary N) is 2. The molecule has 0 aromatic carbocycles. The smallest absolute Gasteiger partial charge is 0.0518 e. The minimum atomic E-state index is 0.761. The molecule has 4 heteroatoms. The van der Waals surface area contributed by atoms with E-state index < -0.39 is 0 Å². The lowest BCUT2D eigenvalue weighted by atomic mass is 10.3. The second kappa shape index (κ2) is 6.39. The van der Waals surface area contributed by atoms with Gasteiger partial charge in [-0.1, -0.05) is 0 Å². The highest BCUT2D eigenvalue weighted by Gasteiger charge is 1.88. The van der Waals surface area contributed by atoms with E-state index in [1.165, 1.54) is 0 Å². The number of pyridine rings is 1. The van der Waals surface area contributed by atoms with Crippen LogP contribution in [0.15, 0.2) is 24.5 Å². The summed E-state index contributed by atoms with van der Waals surface area (Å²) in [6.07, 6.45) is 5.66. The highest BCUT2D eigenvalue weighted by Crippen LogP contribution is 2.00. The van der Waals surface area contributed by atoms with Gasteiger partial charge in [0.05, 0.1) is 5.69 Å². The van der Waals surface area contributed by atoms with Gasteiger partial charge in [-0.15, -0.1) is 0 Å². The molecule has 0 fully saturated rings. The summed E-state index contributed by atoms with van der Waals surface area (Å²) < 4.78 is 0. The standard InChI is InChI=1S/C9H16N4/c10-5-1-2-6-12-13-9-3-7-11-8-4-9/h3-4,7-8,12H,1-2,5-6,10H2,(H,11,13). The van der Waals surface area contributed by atoms with Crippen LogP contribution in [0, 0.1) is 0 Å². The van der Waals surface area contributed by atoms with Crippen molar-refractivity contribution < 1.29 is 0 Å². The summed E-state index contributed by atoms with van der Waals surface area (Å²) in [6.45, 7) is 1.69. The van der Waals surface area contributed by atoms with Gasteiger partial charge in [-0.25, -0.2) is 5.43 Å². The van der Waals surface area contributed by atoms with Crippen molar-refractivity contribution in [1.82, 2.24) is 10.4 Å². The molecule has 0 spiro atoms. The fourth-order valence-electron chi connectivity index (χ4n) is 0.958. The zero-order valence-corrected chi connectivity index (χ0v) is 7.66. The lowest BCUT2D eigenvalue weighted by molar-refractivity contribution is 0.679. The average Bonchev–Trinajstić information content (AvgIpc) is 2.19. The first-order valence-corrected chi connectivity index (χ1v) is 4.52. The topological polar surface area (TPSA) is 63.0 Å². The molecule has 0 atom stereocenters. The van der Waals surface area contributed by atoms with Gasteiger partial charge in [0.1, 0.15) is 0 Å². The van der Waals surface area contributed by atoms with Crippen molar-refractivity contribution >= 4 is 5.69 Å². The maximum Gasteiger partial charge on any atom is 0.0518 e. The van der Waals surface area contributed by atoms with Crippen molar-refractivity contribution in [3.05, 3.63) is 24.5 Å². The van der Waals surface area contributed by atoms with E-state index in [1.807, 2.05) is 12.1 Å². The van der Waals surface area contributed by atoms with Crippen molar-refractivity contribution in [3.8, 4) is 0 Å². The normalized spacial score (nSPS) is 9.92. The fraction of sp³-hybridized carbons (Fsp3) is 0.444. The largest absolute Gasteiger partial charge is 0.330 e. The van der Waals surface area contributed by atoms with E-state index in [9.17, 15) is 0 Å². The molecule has 1 heterocycles. The first-order valence-electron chi connectivity index (χ1n) is 4.52. The molecule has 0 saturated heterocycles. The number of hydrogen-bond donors (Lipinski definition) is 3. The van der Waals surface area contributed by atoms with Gasteiger partial charge < -0.3 is 11.2 Å². The van der Waals surface area contributed by atoms with Crippen LogP contribution in [0.25, 0.3) is 0 Å². The van der Waals surface area contributed by atoms with Gasteiger partial charge in [-0.05, 0) is 31.5 Å². The van der Waals surface area contributed by atoms with Crippen molar-refractivity contribution in [1.29, 1.82) is 0 Å². The third-order valence-electron chi connectivity index (χ3n) is 1.67. The summed E-state index contributed by atoms with van der Waals surface area (Å²) in [5, 5.41) is 0. The van der Waals surface area contributed by atoms with Crippen molar-refractivity contribution in [3.63, 3.8) is 0 Å². The van der Waals surface area contributed by atoms with Crippen LogP contribution >= 0.6 is 0 Å². The Labute approximate surface area is 78.5 Å². The molecule has 0 aliphatic rings. The van der Waals surface area contributed by atoms with Crippen LogP contribution in [-0.2, 0) is 0 Å². The van der Waals surface area contributed by atoms with Crippen LogP contribution in [0.4, 0.5) is 5.69 Å². The lowest BCUT2D eigenvalue weighted by Crippen LogP contribution is -2.23. The predicted molar refractivity (Wildman–Crippen MR) is 54.2 cm³/mol. The minimum absolute atomic E-state index is 0.761. The average molecular weight is 180 g/mol. The molecule has 0 amide bonds. The van der Waals surface area contributed by atoms with Gasteiger partial charge in [0.25, 0.3) is 0 Å². The Hall–Kier alpha value is -1.13. The Bertz CT molecular complexity index is 212. The highest BCUT2D eigenvalue weighted by molar-refractivity contribution is 5.39. The van der Waals surface area contributed by atoms with Gasteiger partial charge in [-0.3, -0.25) is 4.98 Å². The van der Waals surface area contributed by atoms with Crippen LogP contribution in [0.3, 0.4) is 0 Å². The Morgan fingerprint density at radius 3 is 2.69 bits per heavy atom. The Morgan fingerprint density at radius 1 is 1.23 bits per heavy atom. The Morgan fingerprint density at radius 2 is 2.00 bits per heavy atom. The summed E-state index contributed by atoms with van der Waals surface area (Å²) >= 11 is 0. The van der Waals surface area contributed by atoms with E-state index in [-0.39, 0.29) is 0 Å². The molecule has 72 valence electrons. The van der Waals surface area contributed by atoms with Crippen LogP contribution < -0.4 is 16.6 Å². The zero-order valence-electron chi connectivity index (χ0n) is 7.66. The second-order valence-corrected chi connectivity index (χ2v) is 2.78. The number of nitrogens with zero attached hydrogens (tertiary/aromatic N) is 1. The molecule has 0 aliphatic carbocycles. The molecule has 0 saturated carbocycles. The van der Waals surface area contributed by atoms with Gasteiger partial charge >= 0.3 is 0 Å². The molecule has 0 aliphatic heterocycles. The number of nitrogens with two attached hydrogens (primary N) is 1. The highest BCUT2D eigenvalue weighted by atomic mass is 15.3. The van der Waals surface area contributed by atoms with Crippen molar-refractivity contribution in [2.45, 2.75) is 12.8 Å². The summed E-state index contributed by atoms with van der Waals surface area (Å²) in [4.78, 5) is 3.92. The van der Waals surface area contributed by atoms with Gasteiger partial charge in [0.15, 0.2) is 0 Å². The fourth-order valence-corrected chi connectivity index (χ4v) is 0.958. The van der Waals surface area contributed by atoms with Gasteiger partial charge in [0.2, 0.25) is 0 Å². The number of unbranched alkanes of at least 4 members (excludes halogenated alkanes) is 1. The van der Waals surface area contributed by atoms with E-state index >= 15 is 0 Å².